The SMILES string of the molecule is NS(=O)(=O)c1ccc(CC(=O)NCc2cccc(C(=O)NCc3ccco3)c2)cc1. The number of nitrogens with two attached hydrogens (primary N) is 1. The molecule has 2 amide bonds. The summed E-state index contributed by atoms with van der Waals surface area (Å²) in [6.07, 6.45) is 1.63. The Balaban J connectivity index is 1.52. The Morgan fingerprint density at radius 3 is 2.33 bits per heavy atom. The molecule has 4 N–H and O–H groups in total. The molecule has 9 heteroatoms. The second kappa shape index (κ2) is 9.38. The highest BCUT2D eigenvalue weighted by Gasteiger charge is 2.10. The molecule has 1 heterocycles. The second-order valence-corrected chi connectivity index (χ2v) is 8.17. The van der Waals surface area contributed by atoms with E-state index in [0.717, 1.165) is 5.56 Å². The average Bonchev–Trinajstić information content (AvgIpc) is 3.24. The Bertz CT molecular complexity index is 1120. The first-order valence-corrected chi connectivity index (χ1v) is 10.6. The molecule has 8 nitrogen and oxygen atoms in total. The Hall–Kier alpha value is -3.43. The molecular weight excluding hydrogens is 406 g/mol. The molecule has 2 aromatic carbocycles. The summed E-state index contributed by atoms with van der Waals surface area (Å²) < 4.78 is 27.7. The third-order valence-corrected chi connectivity index (χ3v) is 5.23. The van der Waals surface area contributed by atoms with Crippen LogP contribution in [0.1, 0.15) is 27.2 Å². The van der Waals surface area contributed by atoms with Crippen LogP contribution in [0.25, 0.3) is 0 Å². The molecule has 0 aliphatic rings. The van der Waals surface area contributed by atoms with Crippen LogP contribution in [-0.2, 0) is 34.3 Å². The summed E-state index contributed by atoms with van der Waals surface area (Å²) in [6, 6.07) is 16.3. The molecule has 1 aromatic heterocycles. The van der Waals surface area contributed by atoms with Gasteiger partial charge in [-0.25, -0.2) is 13.6 Å². The van der Waals surface area contributed by atoms with Crippen LogP contribution < -0.4 is 15.8 Å². The first kappa shape index (κ1) is 21.3. The lowest BCUT2D eigenvalue weighted by Crippen LogP contribution is -2.25. The minimum atomic E-state index is -3.76. The van der Waals surface area contributed by atoms with Crippen LogP contribution in [0.4, 0.5) is 0 Å². The lowest BCUT2D eigenvalue weighted by atomic mass is 10.1. The van der Waals surface area contributed by atoms with Gasteiger partial charge in [0.15, 0.2) is 0 Å². The Morgan fingerprint density at radius 2 is 1.67 bits per heavy atom. The van der Waals surface area contributed by atoms with Crippen LogP contribution >= 0.6 is 0 Å². The standard InChI is InChI=1S/C21H21N3O5S/c22-30(27,28)19-8-6-15(7-9-19)12-20(25)23-13-16-3-1-4-17(11-16)21(26)24-14-18-5-2-10-29-18/h1-11H,12-14H2,(H,23,25)(H,24,26)(H2,22,27,28). The molecule has 0 saturated carbocycles. The molecule has 0 unspecified atom stereocenters. The highest BCUT2D eigenvalue weighted by Crippen LogP contribution is 2.10. The fourth-order valence-electron chi connectivity index (χ4n) is 2.75. The monoisotopic (exact) mass is 427 g/mol. The maximum absolute atomic E-state index is 12.3. The molecule has 0 atom stereocenters. The van der Waals surface area contributed by atoms with Crippen LogP contribution in [0.2, 0.25) is 0 Å². The lowest BCUT2D eigenvalue weighted by molar-refractivity contribution is -0.120. The van der Waals surface area contributed by atoms with E-state index in [0.29, 0.717) is 16.9 Å². The van der Waals surface area contributed by atoms with Gasteiger partial charge in [0, 0.05) is 12.1 Å². The summed E-state index contributed by atoms with van der Waals surface area (Å²) in [6.45, 7) is 0.546. The van der Waals surface area contributed by atoms with Gasteiger partial charge in [0.05, 0.1) is 24.1 Å². The van der Waals surface area contributed by atoms with E-state index in [1.165, 1.54) is 12.1 Å². The zero-order valence-electron chi connectivity index (χ0n) is 16.0. The first-order chi connectivity index (χ1) is 14.3. The van der Waals surface area contributed by atoms with E-state index in [2.05, 4.69) is 10.6 Å². The normalized spacial score (nSPS) is 11.1. The molecule has 156 valence electrons. The molecule has 3 aromatic rings. The number of sulfonamides is 1. The molecule has 30 heavy (non-hydrogen) atoms. The van der Waals surface area contributed by atoms with Crippen molar-refractivity contribution < 1.29 is 22.4 Å². The van der Waals surface area contributed by atoms with Gasteiger partial charge >= 0.3 is 0 Å². The zero-order chi connectivity index (χ0) is 21.6. The Morgan fingerprint density at radius 1 is 0.900 bits per heavy atom. The molecular formula is C21H21N3O5S. The van der Waals surface area contributed by atoms with Crippen molar-refractivity contribution in [3.63, 3.8) is 0 Å². The van der Waals surface area contributed by atoms with Crippen LogP contribution in [0.5, 0.6) is 0 Å². The average molecular weight is 427 g/mol. The second-order valence-electron chi connectivity index (χ2n) is 6.60. The summed E-state index contributed by atoms with van der Waals surface area (Å²) in [7, 11) is -3.76. The van der Waals surface area contributed by atoms with Crippen molar-refractivity contribution in [1.82, 2.24) is 10.6 Å². The molecule has 0 aliphatic heterocycles. The number of rotatable bonds is 8. The van der Waals surface area contributed by atoms with Gasteiger partial charge in [-0.2, -0.15) is 0 Å². The zero-order valence-corrected chi connectivity index (χ0v) is 16.8. The van der Waals surface area contributed by atoms with Gasteiger partial charge in [0.25, 0.3) is 5.91 Å². The van der Waals surface area contributed by atoms with E-state index in [-0.39, 0.29) is 36.2 Å². The topological polar surface area (TPSA) is 132 Å². The van der Waals surface area contributed by atoms with Crippen molar-refractivity contribution in [2.24, 2.45) is 5.14 Å². The van der Waals surface area contributed by atoms with Gasteiger partial charge in [-0.05, 0) is 47.5 Å². The molecule has 0 fully saturated rings. The molecule has 0 saturated heterocycles. The number of hydrogen-bond acceptors (Lipinski definition) is 5. The molecule has 0 bridgehead atoms. The predicted octanol–water partition coefficient (Wildman–Crippen LogP) is 1.72. The van der Waals surface area contributed by atoms with E-state index in [4.69, 9.17) is 9.56 Å². The maximum atomic E-state index is 12.3. The van der Waals surface area contributed by atoms with Crippen LogP contribution in [0, 0.1) is 0 Å². The summed E-state index contributed by atoms with van der Waals surface area (Å²) in [5.41, 5.74) is 1.91. The van der Waals surface area contributed by atoms with Crippen molar-refractivity contribution >= 4 is 21.8 Å². The number of primary sulfonamides is 1. The van der Waals surface area contributed by atoms with E-state index in [1.54, 1.807) is 48.7 Å². The molecule has 3 rings (SSSR count). The minimum absolute atomic E-state index is 0.00574. The summed E-state index contributed by atoms with van der Waals surface area (Å²) >= 11 is 0. The van der Waals surface area contributed by atoms with Gasteiger partial charge in [0.2, 0.25) is 15.9 Å². The van der Waals surface area contributed by atoms with Crippen molar-refractivity contribution in [3.05, 3.63) is 89.4 Å². The van der Waals surface area contributed by atoms with E-state index < -0.39 is 10.0 Å². The largest absolute Gasteiger partial charge is 0.467 e. The number of nitrogens with one attached hydrogen (secondary N) is 2. The smallest absolute Gasteiger partial charge is 0.251 e. The highest BCUT2D eigenvalue weighted by atomic mass is 32.2. The van der Waals surface area contributed by atoms with Crippen LogP contribution in [-0.4, -0.2) is 20.2 Å². The van der Waals surface area contributed by atoms with Gasteiger partial charge in [-0.15, -0.1) is 0 Å². The number of hydrogen-bond donors (Lipinski definition) is 3. The minimum Gasteiger partial charge on any atom is -0.467 e. The fraction of sp³-hybridized carbons (Fsp3) is 0.143. The first-order valence-electron chi connectivity index (χ1n) is 9.09. The number of amides is 2. The van der Waals surface area contributed by atoms with Crippen molar-refractivity contribution in [1.29, 1.82) is 0 Å². The van der Waals surface area contributed by atoms with Gasteiger partial charge in [0.1, 0.15) is 5.76 Å². The molecule has 0 aliphatic carbocycles. The lowest BCUT2D eigenvalue weighted by Gasteiger charge is -2.08. The van der Waals surface area contributed by atoms with Crippen molar-refractivity contribution in [2.75, 3.05) is 0 Å². The van der Waals surface area contributed by atoms with E-state index in [9.17, 15) is 18.0 Å². The molecule has 0 radical (unpaired) electrons. The third kappa shape index (κ3) is 6.03. The van der Waals surface area contributed by atoms with Crippen LogP contribution in [0.15, 0.2) is 76.2 Å². The van der Waals surface area contributed by atoms with Gasteiger partial charge in [-0.1, -0.05) is 24.3 Å². The Kier molecular flexibility index (Phi) is 6.65. The molecule has 0 spiro atoms. The third-order valence-electron chi connectivity index (χ3n) is 4.30. The highest BCUT2D eigenvalue weighted by molar-refractivity contribution is 7.89. The van der Waals surface area contributed by atoms with Crippen LogP contribution in [0.3, 0.4) is 0 Å². The number of carbonyl (C=O) groups is 2. The van der Waals surface area contributed by atoms with Gasteiger partial charge in [-0.3, -0.25) is 9.59 Å². The quantitative estimate of drug-likeness (QED) is 0.504. The summed E-state index contributed by atoms with van der Waals surface area (Å²) in [5, 5.41) is 10.6. The number of benzene rings is 2. The predicted molar refractivity (Wildman–Crippen MR) is 110 cm³/mol. The summed E-state index contributed by atoms with van der Waals surface area (Å²) in [4.78, 5) is 24.4. The maximum Gasteiger partial charge on any atom is 0.251 e. The fourth-order valence-corrected chi connectivity index (χ4v) is 3.27. The van der Waals surface area contributed by atoms with Crippen molar-refractivity contribution in [3.8, 4) is 0 Å². The summed E-state index contributed by atoms with van der Waals surface area (Å²) in [5.74, 6) is 0.185. The van der Waals surface area contributed by atoms with E-state index in [1.807, 2.05) is 6.07 Å². The number of furan rings is 1. The van der Waals surface area contributed by atoms with E-state index >= 15 is 0 Å². The van der Waals surface area contributed by atoms with Crippen molar-refractivity contribution in [2.45, 2.75) is 24.4 Å². The van der Waals surface area contributed by atoms with Gasteiger partial charge < -0.3 is 15.1 Å². The number of carbonyl (C=O) groups excluding carboxylic acids is 2. The Labute approximate surface area is 174 Å².